The molecule has 2 fully saturated rings. The third kappa shape index (κ3) is 8.48. The lowest BCUT2D eigenvalue weighted by molar-refractivity contribution is -0.129. The molecule has 0 aliphatic carbocycles. The van der Waals surface area contributed by atoms with Crippen molar-refractivity contribution in [1.82, 2.24) is 19.8 Å². The van der Waals surface area contributed by atoms with Crippen molar-refractivity contribution in [2.45, 2.75) is 63.7 Å². The molecule has 2 saturated heterocycles. The first-order chi connectivity index (χ1) is 25.9. The molecule has 2 aromatic carbocycles. The average Bonchev–Trinajstić information content (AvgIpc) is 3.73. The molecule has 2 aliphatic heterocycles. The fourth-order valence-electron chi connectivity index (χ4n) is 6.91. The van der Waals surface area contributed by atoms with Gasteiger partial charge in [0.25, 0.3) is 0 Å². The summed E-state index contributed by atoms with van der Waals surface area (Å²) in [7, 11) is 2.72. The standard InChI is InChI=1S/C37H44F2N8O5S2/c1-19(46-13-9-23(10-14-46)42-36-44-34(40)32(53-36)30(49)21-5-7-27(51-3)25(38)17-21)29(48)20(2)47-15-11-24(12-16-47)43-37-45-35(41)33(54-37)31(50)22-6-8-28(52-4)26(39)18-22/h5-8,17-20,23-24H,9-16,40-41H2,1-4H3,(H,42,44)(H,43,45). The van der Waals surface area contributed by atoms with Gasteiger partial charge in [-0.3, -0.25) is 24.2 Å². The van der Waals surface area contributed by atoms with E-state index in [4.69, 9.17) is 20.9 Å². The highest BCUT2D eigenvalue weighted by atomic mass is 32.1. The zero-order valence-corrected chi connectivity index (χ0v) is 32.1. The number of nitrogens with one attached hydrogen (secondary N) is 2. The summed E-state index contributed by atoms with van der Waals surface area (Å²) in [6.45, 7) is 6.81. The molecule has 54 heavy (non-hydrogen) atoms. The van der Waals surface area contributed by atoms with E-state index in [0.717, 1.165) is 86.7 Å². The summed E-state index contributed by atoms with van der Waals surface area (Å²) in [5.74, 6) is -1.63. The SMILES string of the molecule is COc1ccc(C(=O)c2sc(NC3CCN(C(C)C(=O)C(C)N4CCC(Nc5nc(N)c(C(=O)c6ccc(OC)c(F)c6)s5)CC4)CC3)nc2N)cc1F. The van der Waals surface area contributed by atoms with Gasteiger partial charge in [-0.25, -0.2) is 18.7 Å². The van der Waals surface area contributed by atoms with Gasteiger partial charge in [-0.15, -0.1) is 0 Å². The molecular formula is C37H44F2N8O5S2. The van der Waals surface area contributed by atoms with Crippen molar-refractivity contribution in [3.63, 3.8) is 0 Å². The Balaban J connectivity index is 0.954. The third-order valence-electron chi connectivity index (χ3n) is 10.2. The maximum atomic E-state index is 14.2. The van der Waals surface area contributed by atoms with Crippen LogP contribution in [0.2, 0.25) is 0 Å². The van der Waals surface area contributed by atoms with E-state index in [9.17, 15) is 23.2 Å². The van der Waals surface area contributed by atoms with Crippen LogP contribution in [0.1, 0.15) is 70.0 Å². The first-order valence-corrected chi connectivity index (χ1v) is 19.3. The number of methoxy groups -OCH3 is 2. The van der Waals surface area contributed by atoms with Crippen molar-refractivity contribution < 1.29 is 32.6 Å². The van der Waals surface area contributed by atoms with Crippen LogP contribution in [-0.2, 0) is 4.79 Å². The Kier molecular flexibility index (Phi) is 12.1. The maximum Gasteiger partial charge on any atom is 0.206 e. The van der Waals surface area contributed by atoms with E-state index in [1.54, 1.807) is 0 Å². The Hall–Kier alpha value is -4.71. The smallest absolute Gasteiger partial charge is 0.206 e. The Morgan fingerprint density at radius 1 is 0.722 bits per heavy atom. The number of likely N-dealkylation sites (tertiary alicyclic amines) is 2. The van der Waals surface area contributed by atoms with Gasteiger partial charge in [-0.1, -0.05) is 22.7 Å². The first kappa shape index (κ1) is 39.0. The summed E-state index contributed by atoms with van der Waals surface area (Å²) in [5.41, 5.74) is 12.5. The Labute approximate surface area is 320 Å². The fraction of sp³-hybridized carbons (Fsp3) is 0.432. The molecule has 6 N–H and O–H groups in total. The van der Waals surface area contributed by atoms with E-state index in [0.29, 0.717) is 10.3 Å². The number of nitrogens with zero attached hydrogens (tertiary/aromatic N) is 4. The van der Waals surface area contributed by atoms with Crippen molar-refractivity contribution in [3.05, 3.63) is 68.9 Å². The molecule has 288 valence electrons. The number of rotatable bonds is 14. The van der Waals surface area contributed by atoms with E-state index in [2.05, 4.69) is 30.4 Å². The van der Waals surface area contributed by atoms with Crippen molar-refractivity contribution in [1.29, 1.82) is 0 Å². The molecular weight excluding hydrogens is 739 g/mol. The van der Waals surface area contributed by atoms with E-state index in [1.807, 2.05) is 13.8 Å². The summed E-state index contributed by atoms with van der Waals surface area (Å²) < 4.78 is 38.3. The molecule has 0 radical (unpaired) electrons. The molecule has 2 unspecified atom stereocenters. The highest BCUT2D eigenvalue weighted by molar-refractivity contribution is 7.18. The van der Waals surface area contributed by atoms with Gasteiger partial charge < -0.3 is 31.6 Å². The molecule has 0 spiro atoms. The monoisotopic (exact) mass is 782 g/mol. The van der Waals surface area contributed by atoms with Gasteiger partial charge in [-0.05, 0) is 75.9 Å². The number of halogens is 2. The van der Waals surface area contributed by atoms with Gasteiger partial charge in [0.2, 0.25) is 11.6 Å². The van der Waals surface area contributed by atoms with Crippen LogP contribution in [0.5, 0.6) is 11.5 Å². The molecule has 6 rings (SSSR count). The van der Waals surface area contributed by atoms with Crippen molar-refractivity contribution in [2.24, 2.45) is 0 Å². The van der Waals surface area contributed by atoms with Gasteiger partial charge in [-0.2, -0.15) is 0 Å². The number of aromatic nitrogens is 2. The van der Waals surface area contributed by atoms with Crippen LogP contribution in [0.4, 0.5) is 30.7 Å². The van der Waals surface area contributed by atoms with Gasteiger partial charge in [0.15, 0.2) is 39.2 Å². The molecule has 2 aliphatic rings. The number of hydrogen-bond donors (Lipinski definition) is 4. The number of hydrogen-bond acceptors (Lipinski definition) is 15. The summed E-state index contributed by atoms with van der Waals surface area (Å²) in [6.07, 6.45) is 3.12. The van der Waals surface area contributed by atoms with Crippen molar-refractivity contribution in [2.75, 3.05) is 62.5 Å². The second-order valence-corrected chi connectivity index (χ2v) is 15.5. The maximum absolute atomic E-state index is 14.2. The van der Waals surface area contributed by atoms with E-state index < -0.39 is 23.2 Å². The molecule has 2 atom stereocenters. The number of Topliss-reactive ketones (excluding diaryl/α,β-unsaturated/α-hetero) is 1. The average molecular weight is 783 g/mol. The van der Waals surface area contributed by atoms with Crippen LogP contribution in [-0.4, -0.2) is 102 Å². The number of carbonyl (C=O) groups is 3. The zero-order chi connectivity index (χ0) is 38.7. The lowest BCUT2D eigenvalue weighted by Gasteiger charge is -2.40. The largest absolute Gasteiger partial charge is 0.494 e. The highest BCUT2D eigenvalue weighted by Gasteiger charge is 2.34. The summed E-state index contributed by atoms with van der Waals surface area (Å²) in [6, 6.07) is 7.72. The molecule has 0 bridgehead atoms. The van der Waals surface area contributed by atoms with Gasteiger partial charge in [0, 0.05) is 49.4 Å². The molecule has 13 nitrogen and oxygen atoms in total. The van der Waals surface area contributed by atoms with Gasteiger partial charge in [0.1, 0.15) is 21.4 Å². The van der Waals surface area contributed by atoms with E-state index in [1.165, 1.54) is 38.5 Å². The number of ketones is 3. The molecule has 0 amide bonds. The Morgan fingerprint density at radius 2 is 1.09 bits per heavy atom. The highest BCUT2D eigenvalue weighted by Crippen LogP contribution is 2.32. The van der Waals surface area contributed by atoms with Gasteiger partial charge >= 0.3 is 0 Å². The normalized spacial score (nSPS) is 17.1. The number of ether oxygens (including phenoxy) is 2. The number of benzene rings is 2. The second kappa shape index (κ2) is 16.8. The van der Waals surface area contributed by atoms with Crippen LogP contribution in [0.15, 0.2) is 36.4 Å². The van der Waals surface area contributed by atoms with Crippen molar-refractivity contribution >= 4 is 61.9 Å². The van der Waals surface area contributed by atoms with Crippen LogP contribution >= 0.6 is 22.7 Å². The Morgan fingerprint density at radius 3 is 1.43 bits per heavy atom. The topological polar surface area (TPSA) is 178 Å². The summed E-state index contributed by atoms with van der Waals surface area (Å²) in [4.78, 5) is 53.4. The summed E-state index contributed by atoms with van der Waals surface area (Å²) in [5, 5.41) is 7.84. The minimum atomic E-state index is -0.632. The molecule has 4 aromatic rings. The third-order valence-corrected chi connectivity index (χ3v) is 12.2. The summed E-state index contributed by atoms with van der Waals surface area (Å²) >= 11 is 2.28. The first-order valence-electron chi connectivity index (χ1n) is 17.7. The number of nitrogen functional groups attached to an aromatic ring is 2. The number of anilines is 4. The quantitative estimate of drug-likeness (QED) is 0.121. The van der Waals surface area contributed by atoms with E-state index in [-0.39, 0.29) is 74.0 Å². The fourth-order valence-corrected chi connectivity index (χ4v) is 8.76. The predicted molar refractivity (Wildman–Crippen MR) is 206 cm³/mol. The van der Waals surface area contributed by atoms with Crippen LogP contribution < -0.4 is 31.6 Å². The van der Waals surface area contributed by atoms with Crippen LogP contribution in [0, 0.1) is 11.6 Å². The lowest BCUT2D eigenvalue weighted by Crippen LogP contribution is -2.53. The number of carbonyl (C=O) groups excluding carboxylic acids is 3. The van der Waals surface area contributed by atoms with Crippen LogP contribution in [0.3, 0.4) is 0 Å². The number of thiazole rings is 2. The second-order valence-electron chi connectivity index (χ2n) is 13.5. The minimum absolute atomic E-state index is 0.0511. The zero-order valence-electron chi connectivity index (χ0n) is 30.5. The molecule has 17 heteroatoms. The minimum Gasteiger partial charge on any atom is -0.494 e. The Bertz CT molecular complexity index is 1870. The van der Waals surface area contributed by atoms with Crippen LogP contribution in [0.25, 0.3) is 0 Å². The molecule has 2 aromatic heterocycles. The predicted octanol–water partition coefficient (Wildman–Crippen LogP) is 5.32. The van der Waals surface area contributed by atoms with Crippen molar-refractivity contribution in [3.8, 4) is 11.5 Å². The number of piperidine rings is 2. The molecule has 0 saturated carbocycles. The number of nitrogens with two attached hydrogens (primary N) is 2. The van der Waals surface area contributed by atoms with E-state index >= 15 is 0 Å². The molecule has 4 heterocycles. The lowest BCUT2D eigenvalue weighted by atomic mass is 9.97. The van der Waals surface area contributed by atoms with Gasteiger partial charge in [0.05, 0.1) is 26.3 Å².